The van der Waals surface area contributed by atoms with Gasteiger partial charge in [0.25, 0.3) is 5.88 Å². The molecule has 2 rings (SSSR count). The zero-order chi connectivity index (χ0) is 13.9. The minimum absolute atomic E-state index is 0.510. The number of aromatic nitrogens is 1. The van der Waals surface area contributed by atoms with Crippen LogP contribution in [0.15, 0.2) is 10.6 Å². The van der Waals surface area contributed by atoms with E-state index in [1.807, 2.05) is 19.0 Å². The van der Waals surface area contributed by atoms with Crippen LogP contribution in [0.3, 0.4) is 0 Å². The Bertz CT molecular complexity index is 398. The Morgan fingerprint density at radius 1 is 1.47 bits per heavy atom. The first kappa shape index (κ1) is 14.3. The summed E-state index contributed by atoms with van der Waals surface area (Å²) in [6.07, 6.45) is 1.58. The van der Waals surface area contributed by atoms with Crippen LogP contribution in [0.4, 0.5) is 0 Å². The van der Waals surface area contributed by atoms with Gasteiger partial charge in [-0.3, -0.25) is 4.90 Å². The Balaban J connectivity index is 1.83. The van der Waals surface area contributed by atoms with E-state index in [4.69, 9.17) is 9.26 Å². The van der Waals surface area contributed by atoms with E-state index in [2.05, 4.69) is 10.1 Å². The maximum Gasteiger partial charge on any atom is 0.254 e. The predicted molar refractivity (Wildman–Crippen MR) is 71.1 cm³/mol. The number of rotatable bonds is 5. The van der Waals surface area contributed by atoms with Gasteiger partial charge in [-0.2, -0.15) is 0 Å². The lowest BCUT2D eigenvalue weighted by molar-refractivity contribution is -0.0400. The number of ether oxygens (including phenoxy) is 1. The summed E-state index contributed by atoms with van der Waals surface area (Å²) in [6, 6.07) is 1.81. The average Bonchev–Trinajstić information content (AvgIpc) is 2.79. The van der Waals surface area contributed by atoms with Crippen molar-refractivity contribution < 1.29 is 14.4 Å². The predicted octanol–water partition coefficient (Wildman–Crippen LogP) is 0.572. The number of nitrogens with zero attached hydrogens (tertiary/aromatic N) is 3. The SMILES string of the molecule is COc1cc(CN2CCC(O)(CN(C)C)CC2)on1. The van der Waals surface area contributed by atoms with Gasteiger partial charge in [0.1, 0.15) is 0 Å². The van der Waals surface area contributed by atoms with Gasteiger partial charge in [0.15, 0.2) is 5.76 Å². The van der Waals surface area contributed by atoms with E-state index < -0.39 is 5.60 Å². The van der Waals surface area contributed by atoms with Crippen molar-refractivity contribution in [3.63, 3.8) is 0 Å². The van der Waals surface area contributed by atoms with Crippen LogP contribution in [0.1, 0.15) is 18.6 Å². The molecule has 1 aromatic rings. The average molecular weight is 269 g/mol. The molecule has 0 aliphatic carbocycles. The largest absolute Gasteiger partial charge is 0.479 e. The van der Waals surface area contributed by atoms with Gasteiger partial charge < -0.3 is 19.3 Å². The monoisotopic (exact) mass is 269 g/mol. The van der Waals surface area contributed by atoms with Crippen LogP contribution in [0.2, 0.25) is 0 Å². The molecule has 0 bridgehead atoms. The lowest BCUT2D eigenvalue weighted by Gasteiger charge is -2.39. The Hall–Kier alpha value is -1.11. The molecule has 1 saturated heterocycles. The van der Waals surface area contributed by atoms with E-state index in [1.165, 1.54) is 0 Å². The van der Waals surface area contributed by atoms with Crippen LogP contribution in [-0.2, 0) is 6.54 Å². The summed E-state index contributed by atoms with van der Waals surface area (Å²) in [5, 5.41) is 14.2. The highest BCUT2D eigenvalue weighted by Crippen LogP contribution is 2.24. The van der Waals surface area contributed by atoms with Gasteiger partial charge in [-0.05, 0) is 32.1 Å². The Morgan fingerprint density at radius 2 is 2.16 bits per heavy atom. The van der Waals surface area contributed by atoms with Crippen molar-refractivity contribution in [2.24, 2.45) is 0 Å². The molecule has 1 fully saturated rings. The van der Waals surface area contributed by atoms with E-state index in [-0.39, 0.29) is 0 Å². The van der Waals surface area contributed by atoms with Crippen LogP contribution in [0.25, 0.3) is 0 Å². The molecule has 1 aliphatic rings. The second-order valence-electron chi connectivity index (χ2n) is 5.57. The van der Waals surface area contributed by atoms with Gasteiger partial charge in [-0.25, -0.2) is 0 Å². The molecule has 19 heavy (non-hydrogen) atoms. The normalized spacial score (nSPS) is 19.8. The third-order valence-corrected chi connectivity index (χ3v) is 3.52. The highest BCUT2D eigenvalue weighted by atomic mass is 16.5. The number of hydrogen-bond acceptors (Lipinski definition) is 6. The molecule has 1 N–H and O–H groups in total. The summed E-state index contributed by atoms with van der Waals surface area (Å²) in [5.41, 5.74) is -0.556. The first-order valence-electron chi connectivity index (χ1n) is 6.60. The second kappa shape index (κ2) is 5.90. The van der Waals surface area contributed by atoms with E-state index in [1.54, 1.807) is 13.2 Å². The van der Waals surface area contributed by atoms with Crippen molar-refractivity contribution in [2.45, 2.75) is 25.0 Å². The second-order valence-corrected chi connectivity index (χ2v) is 5.57. The molecule has 6 nitrogen and oxygen atoms in total. The summed E-state index contributed by atoms with van der Waals surface area (Å²) in [7, 11) is 5.56. The van der Waals surface area contributed by atoms with Crippen LogP contribution in [0, 0.1) is 0 Å². The van der Waals surface area contributed by atoms with Crippen molar-refractivity contribution in [1.82, 2.24) is 15.0 Å². The zero-order valence-electron chi connectivity index (χ0n) is 11.9. The van der Waals surface area contributed by atoms with Crippen molar-refractivity contribution >= 4 is 0 Å². The van der Waals surface area contributed by atoms with Crippen LogP contribution >= 0.6 is 0 Å². The zero-order valence-corrected chi connectivity index (χ0v) is 11.9. The Morgan fingerprint density at radius 3 is 2.68 bits per heavy atom. The highest BCUT2D eigenvalue weighted by molar-refractivity contribution is 5.10. The number of hydrogen-bond donors (Lipinski definition) is 1. The van der Waals surface area contributed by atoms with Gasteiger partial charge in [-0.1, -0.05) is 0 Å². The molecule has 108 valence electrons. The number of likely N-dealkylation sites (N-methyl/N-ethyl adjacent to an activating group) is 1. The Kier molecular flexibility index (Phi) is 4.44. The minimum Gasteiger partial charge on any atom is -0.479 e. The maximum atomic E-state index is 10.4. The fourth-order valence-electron chi connectivity index (χ4n) is 2.56. The van der Waals surface area contributed by atoms with E-state index in [0.29, 0.717) is 12.4 Å². The van der Waals surface area contributed by atoms with Crippen LogP contribution in [0.5, 0.6) is 5.88 Å². The molecule has 6 heteroatoms. The minimum atomic E-state index is -0.556. The van der Waals surface area contributed by atoms with E-state index in [9.17, 15) is 5.11 Å². The highest BCUT2D eigenvalue weighted by Gasteiger charge is 2.32. The van der Waals surface area contributed by atoms with Crippen molar-refractivity contribution in [1.29, 1.82) is 0 Å². The van der Waals surface area contributed by atoms with Crippen molar-refractivity contribution in [3.05, 3.63) is 11.8 Å². The fraction of sp³-hybridized carbons (Fsp3) is 0.769. The fourth-order valence-corrected chi connectivity index (χ4v) is 2.56. The molecular formula is C13H23N3O3. The summed E-state index contributed by atoms with van der Waals surface area (Å²) < 4.78 is 10.2. The molecule has 1 aromatic heterocycles. The number of piperidine rings is 1. The molecule has 0 aromatic carbocycles. The third-order valence-electron chi connectivity index (χ3n) is 3.52. The maximum absolute atomic E-state index is 10.4. The van der Waals surface area contributed by atoms with E-state index >= 15 is 0 Å². The lowest BCUT2D eigenvalue weighted by Crippen LogP contribution is -2.49. The van der Waals surface area contributed by atoms with Gasteiger partial charge in [0.2, 0.25) is 0 Å². The first-order valence-corrected chi connectivity index (χ1v) is 6.60. The molecule has 2 heterocycles. The van der Waals surface area contributed by atoms with E-state index in [0.717, 1.165) is 38.2 Å². The molecule has 0 spiro atoms. The number of methoxy groups -OCH3 is 1. The summed E-state index contributed by atoms with van der Waals surface area (Å²) in [6.45, 7) is 3.17. The first-order chi connectivity index (χ1) is 9.00. The van der Waals surface area contributed by atoms with Gasteiger partial charge in [-0.15, -0.1) is 0 Å². The molecule has 0 saturated carbocycles. The van der Waals surface area contributed by atoms with Gasteiger partial charge >= 0.3 is 0 Å². The topological polar surface area (TPSA) is 62.0 Å². The lowest BCUT2D eigenvalue weighted by atomic mass is 9.91. The smallest absolute Gasteiger partial charge is 0.254 e. The third kappa shape index (κ3) is 3.92. The van der Waals surface area contributed by atoms with Crippen molar-refractivity contribution in [2.75, 3.05) is 40.8 Å². The van der Waals surface area contributed by atoms with Crippen LogP contribution in [-0.4, -0.2) is 66.5 Å². The quantitative estimate of drug-likeness (QED) is 0.843. The Labute approximate surface area is 113 Å². The summed E-state index contributed by atoms with van der Waals surface area (Å²) in [5.74, 6) is 1.31. The molecule has 0 atom stereocenters. The summed E-state index contributed by atoms with van der Waals surface area (Å²) >= 11 is 0. The van der Waals surface area contributed by atoms with Gasteiger partial charge in [0, 0.05) is 25.7 Å². The number of likely N-dealkylation sites (tertiary alicyclic amines) is 1. The molecule has 0 amide bonds. The van der Waals surface area contributed by atoms with Crippen molar-refractivity contribution in [3.8, 4) is 5.88 Å². The summed E-state index contributed by atoms with van der Waals surface area (Å²) in [4.78, 5) is 4.31. The molecule has 0 radical (unpaired) electrons. The van der Waals surface area contributed by atoms with Gasteiger partial charge in [0.05, 0.1) is 19.3 Å². The molecule has 1 aliphatic heterocycles. The number of aliphatic hydroxyl groups is 1. The standard InChI is InChI=1S/C13H23N3O3/c1-15(2)10-13(17)4-6-16(7-5-13)9-11-8-12(18-3)14-19-11/h8,17H,4-7,9-10H2,1-3H3. The van der Waals surface area contributed by atoms with Crippen LogP contribution < -0.4 is 4.74 Å². The molecular weight excluding hydrogens is 246 g/mol. The molecule has 0 unspecified atom stereocenters.